The van der Waals surface area contributed by atoms with Crippen LogP contribution in [-0.4, -0.2) is 33.0 Å². The van der Waals surface area contributed by atoms with Gasteiger partial charge < -0.3 is 14.5 Å². The van der Waals surface area contributed by atoms with E-state index < -0.39 is 0 Å². The molecule has 0 aliphatic carbocycles. The van der Waals surface area contributed by atoms with Gasteiger partial charge in [0.15, 0.2) is 0 Å². The van der Waals surface area contributed by atoms with Gasteiger partial charge in [-0.1, -0.05) is 12.1 Å². The standard InChI is InChI=1S/C18H22N4/c1-21(11-14-5-6-18-20-9-10-22(18)12-14)13-15-3-2-4-17-16(15)7-8-19-17/h2-4,7-10,14,19H,5-6,11-13H2,1H3. The van der Waals surface area contributed by atoms with Gasteiger partial charge in [-0.3, -0.25) is 0 Å². The van der Waals surface area contributed by atoms with Crippen LogP contribution >= 0.6 is 0 Å². The van der Waals surface area contributed by atoms with Crippen LogP contribution in [0.25, 0.3) is 10.9 Å². The van der Waals surface area contributed by atoms with E-state index in [-0.39, 0.29) is 0 Å². The number of imidazole rings is 1. The monoisotopic (exact) mass is 294 g/mol. The third-order valence-corrected chi connectivity index (χ3v) is 4.73. The summed E-state index contributed by atoms with van der Waals surface area (Å²) in [5.41, 5.74) is 2.63. The lowest BCUT2D eigenvalue weighted by molar-refractivity contribution is 0.229. The van der Waals surface area contributed by atoms with Crippen LogP contribution in [0.3, 0.4) is 0 Å². The average Bonchev–Trinajstić information content (AvgIpc) is 3.15. The summed E-state index contributed by atoms with van der Waals surface area (Å²) in [6, 6.07) is 8.69. The number of rotatable bonds is 4. The van der Waals surface area contributed by atoms with Gasteiger partial charge in [-0.15, -0.1) is 0 Å². The molecule has 1 aliphatic heterocycles. The van der Waals surface area contributed by atoms with Crippen LogP contribution in [0.4, 0.5) is 0 Å². The molecule has 0 bridgehead atoms. The Bertz CT molecular complexity index is 770. The van der Waals surface area contributed by atoms with Crippen molar-refractivity contribution in [2.45, 2.75) is 25.9 Å². The van der Waals surface area contributed by atoms with E-state index in [2.05, 4.69) is 56.9 Å². The lowest BCUT2D eigenvalue weighted by Crippen LogP contribution is -2.31. The number of hydrogen-bond acceptors (Lipinski definition) is 2. The predicted octanol–water partition coefficient (Wildman–Crippen LogP) is 3.06. The van der Waals surface area contributed by atoms with E-state index in [0.717, 1.165) is 32.0 Å². The molecule has 0 amide bonds. The van der Waals surface area contributed by atoms with Crippen molar-refractivity contribution in [3.05, 3.63) is 54.2 Å². The molecule has 3 heterocycles. The first kappa shape index (κ1) is 13.6. The van der Waals surface area contributed by atoms with E-state index in [9.17, 15) is 0 Å². The van der Waals surface area contributed by atoms with Gasteiger partial charge in [0.25, 0.3) is 0 Å². The molecule has 0 radical (unpaired) electrons. The Labute approximate surface area is 130 Å². The van der Waals surface area contributed by atoms with Crippen LogP contribution in [0.5, 0.6) is 0 Å². The first-order chi connectivity index (χ1) is 10.8. The fourth-order valence-corrected chi connectivity index (χ4v) is 3.67. The molecule has 0 saturated carbocycles. The summed E-state index contributed by atoms with van der Waals surface area (Å²) in [6.07, 6.45) is 8.42. The van der Waals surface area contributed by atoms with Crippen LogP contribution in [0, 0.1) is 5.92 Å². The Hall–Kier alpha value is -2.07. The first-order valence-electron chi connectivity index (χ1n) is 8.03. The number of nitrogens with one attached hydrogen (secondary N) is 1. The van der Waals surface area contributed by atoms with Gasteiger partial charge in [0, 0.05) is 55.5 Å². The molecule has 1 unspecified atom stereocenters. The summed E-state index contributed by atoms with van der Waals surface area (Å²) in [4.78, 5) is 10.2. The second-order valence-electron chi connectivity index (χ2n) is 6.45. The Morgan fingerprint density at radius 2 is 2.32 bits per heavy atom. The van der Waals surface area contributed by atoms with Crippen molar-refractivity contribution < 1.29 is 0 Å². The highest BCUT2D eigenvalue weighted by molar-refractivity contribution is 5.82. The molecule has 22 heavy (non-hydrogen) atoms. The minimum absolute atomic E-state index is 0.720. The van der Waals surface area contributed by atoms with E-state index >= 15 is 0 Å². The number of nitrogens with zero attached hydrogens (tertiary/aromatic N) is 3. The molecule has 0 fully saturated rings. The first-order valence-corrected chi connectivity index (χ1v) is 8.03. The number of hydrogen-bond donors (Lipinski definition) is 1. The van der Waals surface area contributed by atoms with E-state index in [1.165, 1.54) is 28.7 Å². The Morgan fingerprint density at radius 3 is 3.27 bits per heavy atom. The van der Waals surface area contributed by atoms with E-state index in [4.69, 9.17) is 0 Å². The number of aromatic amines is 1. The number of aromatic nitrogens is 3. The Morgan fingerprint density at radius 1 is 1.36 bits per heavy atom. The summed E-state index contributed by atoms with van der Waals surface area (Å²) in [7, 11) is 2.23. The topological polar surface area (TPSA) is 36.9 Å². The molecular formula is C18H22N4. The normalized spacial score (nSPS) is 18.0. The van der Waals surface area contributed by atoms with Crippen molar-refractivity contribution in [2.75, 3.05) is 13.6 Å². The largest absolute Gasteiger partial charge is 0.361 e. The van der Waals surface area contributed by atoms with Crippen LogP contribution < -0.4 is 0 Å². The molecule has 114 valence electrons. The highest BCUT2D eigenvalue weighted by atomic mass is 15.1. The minimum Gasteiger partial charge on any atom is -0.361 e. The molecule has 3 aromatic rings. The molecule has 0 saturated heterocycles. The molecule has 4 heteroatoms. The quantitative estimate of drug-likeness (QED) is 0.803. The van der Waals surface area contributed by atoms with Crippen LogP contribution in [-0.2, 0) is 19.5 Å². The minimum atomic E-state index is 0.720. The number of benzene rings is 1. The summed E-state index contributed by atoms with van der Waals surface area (Å²) < 4.78 is 2.31. The molecule has 1 atom stereocenters. The second-order valence-corrected chi connectivity index (χ2v) is 6.45. The summed E-state index contributed by atoms with van der Waals surface area (Å²) in [5, 5.41) is 1.34. The van der Waals surface area contributed by atoms with Crippen molar-refractivity contribution in [3.63, 3.8) is 0 Å². The molecule has 1 aromatic carbocycles. The smallest absolute Gasteiger partial charge is 0.108 e. The molecule has 4 nitrogen and oxygen atoms in total. The van der Waals surface area contributed by atoms with Crippen molar-refractivity contribution in [2.24, 2.45) is 5.92 Å². The second kappa shape index (κ2) is 5.61. The summed E-state index contributed by atoms with van der Waals surface area (Å²) >= 11 is 0. The number of aryl methyl sites for hydroxylation is 1. The molecule has 1 N–H and O–H groups in total. The van der Waals surface area contributed by atoms with Gasteiger partial charge >= 0.3 is 0 Å². The van der Waals surface area contributed by atoms with Gasteiger partial charge in [-0.05, 0) is 37.1 Å². The van der Waals surface area contributed by atoms with Crippen molar-refractivity contribution >= 4 is 10.9 Å². The zero-order valence-corrected chi connectivity index (χ0v) is 13.0. The summed E-state index contributed by atoms with van der Waals surface area (Å²) in [5.74, 6) is 1.97. The van der Waals surface area contributed by atoms with Crippen LogP contribution in [0.1, 0.15) is 17.8 Å². The lowest BCUT2D eigenvalue weighted by Gasteiger charge is -2.28. The maximum Gasteiger partial charge on any atom is 0.108 e. The lowest BCUT2D eigenvalue weighted by atomic mass is 9.98. The molecule has 0 spiro atoms. The van der Waals surface area contributed by atoms with Crippen LogP contribution in [0.2, 0.25) is 0 Å². The van der Waals surface area contributed by atoms with Gasteiger partial charge in [-0.25, -0.2) is 4.98 Å². The number of H-pyrrole nitrogens is 1. The summed E-state index contributed by atoms with van der Waals surface area (Å²) in [6.45, 7) is 3.24. The Kier molecular flexibility index (Phi) is 3.47. The zero-order valence-electron chi connectivity index (χ0n) is 13.0. The van der Waals surface area contributed by atoms with Gasteiger partial charge in [0.05, 0.1) is 0 Å². The molecule has 4 rings (SSSR count). The van der Waals surface area contributed by atoms with Crippen LogP contribution in [0.15, 0.2) is 42.9 Å². The third kappa shape index (κ3) is 2.55. The number of fused-ring (bicyclic) bond motifs is 2. The predicted molar refractivity (Wildman–Crippen MR) is 88.7 cm³/mol. The fourth-order valence-electron chi connectivity index (χ4n) is 3.67. The maximum absolute atomic E-state index is 4.41. The maximum atomic E-state index is 4.41. The van der Waals surface area contributed by atoms with Crippen molar-refractivity contribution in [1.29, 1.82) is 0 Å². The highest BCUT2D eigenvalue weighted by Crippen LogP contribution is 2.22. The highest BCUT2D eigenvalue weighted by Gasteiger charge is 2.20. The van der Waals surface area contributed by atoms with Crippen molar-refractivity contribution in [1.82, 2.24) is 19.4 Å². The van der Waals surface area contributed by atoms with Crippen molar-refractivity contribution in [3.8, 4) is 0 Å². The Balaban J connectivity index is 1.43. The SMILES string of the molecule is CN(Cc1cccc2[nH]ccc12)CC1CCc2nccn2C1. The van der Waals surface area contributed by atoms with E-state index in [0.29, 0.717) is 0 Å². The third-order valence-electron chi connectivity index (χ3n) is 4.73. The molecule has 1 aliphatic rings. The van der Waals surface area contributed by atoms with Gasteiger partial charge in [0.1, 0.15) is 5.82 Å². The fraction of sp³-hybridized carbons (Fsp3) is 0.389. The van der Waals surface area contributed by atoms with Gasteiger partial charge in [0.2, 0.25) is 0 Å². The molecular weight excluding hydrogens is 272 g/mol. The molecule has 2 aromatic heterocycles. The average molecular weight is 294 g/mol. The zero-order chi connectivity index (χ0) is 14.9. The van der Waals surface area contributed by atoms with E-state index in [1.54, 1.807) is 0 Å². The van der Waals surface area contributed by atoms with E-state index in [1.807, 2.05) is 12.4 Å². The van der Waals surface area contributed by atoms with Gasteiger partial charge in [-0.2, -0.15) is 0 Å².